The van der Waals surface area contributed by atoms with E-state index < -0.39 is 102 Å². The van der Waals surface area contributed by atoms with Gasteiger partial charge in [-0.15, -0.1) is 0 Å². The minimum absolute atomic E-state index is 0.00539. The Morgan fingerprint density at radius 2 is 1.24 bits per heavy atom. The van der Waals surface area contributed by atoms with Crippen LogP contribution in [0.1, 0.15) is 133 Å². The molecule has 3 saturated heterocycles. The number of aromatic hydroxyl groups is 1. The summed E-state index contributed by atoms with van der Waals surface area (Å²) in [5.74, 6) is -4.78. The molecule has 3 aliphatic heterocycles. The average molecular weight is 1080 g/mol. The molecule has 3 aliphatic rings. The highest BCUT2D eigenvalue weighted by atomic mass is 16.5. The molecular weight excluding hydrogens is 1000 g/mol. The van der Waals surface area contributed by atoms with Crippen LogP contribution >= 0.6 is 0 Å². The minimum atomic E-state index is -1.67. The van der Waals surface area contributed by atoms with Gasteiger partial charge < -0.3 is 67.3 Å². The molecule has 0 bridgehead atoms. The number of hydrogen-bond acceptors (Lipinski definition) is 13. The first kappa shape index (κ1) is 60.6. The molecule has 3 aromatic carbocycles. The van der Waals surface area contributed by atoms with Crippen molar-refractivity contribution in [1.29, 1.82) is 0 Å². The lowest BCUT2D eigenvalue weighted by Crippen LogP contribution is -2.61. The summed E-state index contributed by atoms with van der Waals surface area (Å²) < 4.78 is 6.00. The standard InChI is InChI=1S/C58H82N8O12/c1-4-5-6-7-8-9-10-11-12-13-31-78-45-27-23-40(24-28-45)39-19-21-41(22-20-39)52(71)61-46-15-14-30-60-55(74)48-32-42(59)34-65(48)57(76)50(36(2)67)64-54(73)47(29-18-38-16-25-43(69)26-17-38)62-56(75)49-33-44(70)35-66(49)58(77)51(37(3)68)63-53(46)72/h16-17,19-28,36-37,42,44,46-51,67-70H,4-15,18,29-35,59H2,1-3H3,(H,60,74)(H,61,71)(H,62,75)(H,63,72)(H,64,73)/t36?,37?,42-,44+,46-,47?,48?,49?,50?,51?/m0/s1. The first-order valence-corrected chi connectivity index (χ1v) is 28.0. The molecule has 3 fully saturated rings. The molecule has 7 unspecified atom stereocenters. The number of benzene rings is 3. The number of ether oxygens (including phenoxy) is 1. The Morgan fingerprint density at radius 1 is 0.692 bits per heavy atom. The number of hydrogen-bond donors (Lipinski definition) is 10. The number of rotatable bonds is 20. The fraction of sp³-hybridized carbons (Fsp3) is 0.569. The van der Waals surface area contributed by atoms with Crippen LogP contribution in [0.5, 0.6) is 11.5 Å². The number of aryl methyl sites for hydroxylation is 1. The molecular formula is C58H82N8O12. The number of carbonyl (C=O) groups is 7. The molecule has 6 rings (SSSR count). The summed E-state index contributed by atoms with van der Waals surface area (Å²) in [6, 6.07) is 11.5. The van der Waals surface area contributed by atoms with Crippen molar-refractivity contribution in [2.75, 3.05) is 26.2 Å². The van der Waals surface area contributed by atoms with E-state index in [-0.39, 0.29) is 69.5 Å². The van der Waals surface area contributed by atoms with E-state index in [1.807, 2.05) is 24.3 Å². The average Bonchev–Trinajstić information content (AvgIpc) is 4.02. The van der Waals surface area contributed by atoms with Crippen LogP contribution in [0.25, 0.3) is 11.1 Å². The summed E-state index contributed by atoms with van der Waals surface area (Å²) in [4.78, 5) is 101. The van der Waals surface area contributed by atoms with Crippen molar-refractivity contribution in [3.8, 4) is 22.6 Å². The first-order chi connectivity index (χ1) is 37.4. The fourth-order valence-electron chi connectivity index (χ4n) is 10.3. The van der Waals surface area contributed by atoms with Gasteiger partial charge in [-0.2, -0.15) is 0 Å². The second kappa shape index (κ2) is 29.9. The maximum absolute atomic E-state index is 14.4. The van der Waals surface area contributed by atoms with E-state index in [1.165, 1.54) is 82.2 Å². The van der Waals surface area contributed by atoms with Crippen molar-refractivity contribution >= 4 is 41.4 Å². The van der Waals surface area contributed by atoms with Gasteiger partial charge in [-0.25, -0.2) is 0 Å². The highest BCUT2D eigenvalue weighted by molar-refractivity contribution is 6.00. The fourth-order valence-corrected chi connectivity index (χ4v) is 10.3. The number of aliphatic hydroxyl groups is 3. The molecule has 426 valence electrons. The largest absolute Gasteiger partial charge is 0.508 e. The van der Waals surface area contributed by atoms with Gasteiger partial charge in [0, 0.05) is 37.7 Å². The zero-order chi connectivity index (χ0) is 56.3. The third-order valence-corrected chi connectivity index (χ3v) is 14.9. The minimum Gasteiger partial charge on any atom is -0.508 e. The zero-order valence-corrected chi connectivity index (χ0v) is 45.4. The lowest BCUT2D eigenvalue weighted by atomic mass is 10.0. The van der Waals surface area contributed by atoms with Gasteiger partial charge in [0.15, 0.2) is 0 Å². The van der Waals surface area contributed by atoms with Crippen molar-refractivity contribution < 1.29 is 58.7 Å². The van der Waals surface area contributed by atoms with Gasteiger partial charge in [0.1, 0.15) is 47.8 Å². The van der Waals surface area contributed by atoms with E-state index in [0.717, 1.165) is 34.6 Å². The number of amides is 7. The Balaban J connectivity index is 1.17. The summed E-state index contributed by atoms with van der Waals surface area (Å²) in [6.45, 7) is 4.94. The molecule has 20 nitrogen and oxygen atoms in total. The number of nitrogens with one attached hydrogen (secondary N) is 5. The molecule has 0 spiro atoms. The van der Waals surface area contributed by atoms with Crippen molar-refractivity contribution in [2.24, 2.45) is 5.73 Å². The number of carbonyl (C=O) groups excluding carboxylic acids is 7. The Bertz CT molecular complexity index is 2460. The normalized spacial score (nSPS) is 24.7. The van der Waals surface area contributed by atoms with Crippen LogP contribution in [0, 0.1) is 0 Å². The van der Waals surface area contributed by atoms with Crippen LogP contribution in [0.4, 0.5) is 0 Å². The van der Waals surface area contributed by atoms with E-state index in [9.17, 15) is 54.0 Å². The molecule has 78 heavy (non-hydrogen) atoms. The Labute approximate surface area is 457 Å². The number of nitrogens with two attached hydrogens (primary N) is 1. The predicted octanol–water partition coefficient (Wildman–Crippen LogP) is 3.11. The molecule has 7 amide bonds. The predicted molar refractivity (Wildman–Crippen MR) is 293 cm³/mol. The van der Waals surface area contributed by atoms with E-state index in [2.05, 4.69) is 33.5 Å². The van der Waals surface area contributed by atoms with Crippen molar-refractivity contribution in [3.63, 3.8) is 0 Å². The Morgan fingerprint density at radius 3 is 1.85 bits per heavy atom. The summed E-state index contributed by atoms with van der Waals surface area (Å²) in [7, 11) is 0. The molecule has 0 aliphatic carbocycles. The number of aliphatic hydroxyl groups excluding tert-OH is 3. The third-order valence-electron chi connectivity index (χ3n) is 14.9. The highest BCUT2D eigenvalue weighted by Gasteiger charge is 2.46. The SMILES string of the molecule is CCCCCCCCCCCCOc1ccc(-c2ccc(C(=O)N[C@H]3CCCNC(=O)C4C[C@H](N)CN4C(=O)C(C(C)O)NC(=O)C(CCc4ccc(O)cc4)NC(=O)C4C[C@@H](O)CN4C(=O)C(C(C)O)NC3=O)cc2)cc1. The van der Waals surface area contributed by atoms with Crippen LogP contribution in [0.3, 0.4) is 0 Å². The van der Waals surface area contributed by atoms with Crippen molar-refractivity contribution in [3.05, 3.63) is 83.9 Å². The second-order valence-electron chi connectivity index (χ2n) is 21.2. The number of phenolic OH excluding ortho intramolecular Hbond substituents is 1. The summed E-state index contributed by atoms with van der Waals surface area (Å²) in [5, 5.41) is 56.0. The molecule has 20 heteroatoms. The van der Waals surface area contributed by atoms with Gasteiger partial charge in [0.05, 0.1) is 24.9 Å². The van der Waals surface area contributed by atoms with Gasteiger partial charge in [-0.05, 0) is 105 Å². The quantitative estimate of drug-likeness (QED) is 0.0729. The van der Waals surface area contributed by atoms with Crippen molar-refractivity contribution in [2.45, 2.75) is 184 Å². The lowest BCUT2D eigenvalue weighted by molar-refractivity contribution is -0.145. The van der Waals surface area contributed by atoms with Gasteiger partial charge >= 0.3 is 0 Å². The number of fused-ring (bicyclic) bond motifs is 2. The topological polar surface area (TPSA) is 302 Å². The van der Waals surface area contributed by atoms with E-state index in [4.69, 9.17) is 10.5 Å². The van der Waals surface area contributed by atoms with Gasteiger partial charge in [-0.1, -0.05) is 101 Å². The van der Waals surface area contributed by atoms with Gasteiger partial charge in [-0.3, -0.25) is 33.6 Å². The number of nitrogens with zero attached hydrogens (tertiary/aromatic N) is 2. The molecule has 0 saturated carbocycles. The molecule has 3 aromatic rings. The maximum atomic E-state index is 14.4. The van der Waals surface area contributed by atoms with Crippen molar-refractivity contribution in [1.82, 2.24) is 36.4 Å². The van der Waals surface area contributed by atoms with Gasteiger partial charge in [0.25, 0.3) is 5.91 Å². The summed E-state index contributed by atoms with van der Waals surface area (Å²) >= 11 is 0. The molecule has 0 aromatic heterocycles. The molecule has 11 N–H and O–H groups in total. The van der Waals surface area contributed by atoms with Crippen LogP contribution in [-0.2, 0) is 35.2 Å². The van der Waals surface area contributed by atoms with E-state index in [1.54, 1.807) is 36.4 Å². The van der Waals surface area contributed by atoms with E-state index in [0.29, 0.717) is 12.2 Å². The smallest absolute Gasteiger partial charge is 0.251 e. The van der Waals surface area contributed by atoms with E-state index >= 15 is 0 Å². The Hall–Kier alpha value is -6.61. The van der Waals surface area contributed by atoms with Crippen LogP contribution in [0.2, 0.25) is 0 Å². The lowest BCUT2D eigenvalue weighted by Gasteiger charge is -2.32. The van der Waals surface area contributed by atoms with Crippen LogP contribution in [0.15, 0.2) is 72.8 Å². The number of phenols is 1. The zero-order valence-electron chi connectivity index (χ0n) is 45.4. The molecule has 0 radical (unpaired) electrons. The summed E-state index contributed by atoms with van der Waals surface area (Å²) in [6.07, 6.45) is 8.11. The van der Waals surface area contributed by atoms with Crippen LogP contribution < -0.4 is 37.1 Å². The van der Waals surface area contributed by atoms with Gasteiger partial charge in [0.2, 0.25) is 35.4 Å². The van der Waals surface area contributed by atoms with Crippen LogP contribution in [-0.4, -0.2) is 158 Å². The highest BCUT2D eigenvalue weighted by Crippen LogP contribution is 2.26. The molecule has 10 atom stereocenters. The second-order valence-corrected chi connectivity index (χ2v) is 21.2. The Kier molecular flexibility index (Phi) is 23.3. The molecule has 3 heterocycles. The maximum Gasteiger partial charge on any atom is 0.251 e. The number of unbranched alkanes of at least 4 members (excludes halogenated alkanes) is 9. The monoisotopic (exact) mass is 1080 g/mol. The first-order valence-electron chi connectivity index (χ1n) is 28.0. The summed E-state index contributed by atoms with van der Waals surface area (Å²) in [5.41, 5.74) is 8.90. The third kappa shape index (κ3) is 17.4.